The van der Waals surface area contributed by atoms with E-state index in [2.05, 4.69) is 17.0 Å². The molecule has 0 amide bonds. The number of ketones is 1. The standard InChI is InChI=1S/C27H36ClN3O2/c1-26(33)9-7-18-16(12-26)3-4-20-19(18)8-10-27(2)21(20)5-6-22(27)24(32)15-31-23-14-29-25(28)11-17(23)13-30-31/h11,13-14,16,18-22,33H,3-10,12,15H2,1-2H3/t16-,18+,19-,20-,21+,22-,26-,27+/m1/s1. The molecule has 2 aromatic rings. The first-order chi connectivity index (χ1) is 15.7. The van der Waals surface area contributed by atoms with Gasteiger partial charge < -0.3 is 5.11 Å². The van der Waals surface area contributed by atoms with Crippen molar-refractivity contribution in [3.05, 3.63) is 23.6 Å². The maximum atomic E-state index is 13.6. The second kappa shape index (κ2) is 7.78. The summed E-state index contributed by atoms with van der Waals surface area (Å²) >= 11 is 6.02. The molecular weight excluding hydrogens is 434 g/mol. The Morgan fingerprint density at radius 1 is 1.09 bits per heavy atom. The monoisotopic (exact) mass is 469 g/mol. The molecule has 6 heteroatoms. The summed E-state index contributed by atoms with van der Waals surface area (Å²) in [6, 6.07) is 1.81. The molecule has 33 heavy (non-hydrogen) atoms. The summed E-state index contributed by atoms with van der Waals surface area (Å²) in [5, 5.41) is 16.5. The summed E-state index contributed by atoms with van der Waals surface area (Å²) in [6.07, 6.45) is 13.8. The van der Waals surface area contributed by atoms with Crippen molar-refractivity contribution >= 4 is 28.3 Å². The number of hydrogen-bond acceptors (Lipinski definition) is 4. The molecule has 0 radical (unpaired) electrons. The third-order valence-electron chi connectivity index (χ3n) is 10.4. The summed E-state index contributed by atoms with van der Waals surface area (Å²) in [5.74, 6) is 4.20. The molecule has 0 bridgehead atoms. The van der Waals surface area contributed by atoms with Crippen LogP contribution in [0.5, 0.6) is 0 Å². The van der Waals surface area contributed by atoms with Crippen LogP contribution in [-0.4, -0.2) is 31.3 Å². The van der Waals surface area contributed by atoms with Crippen LogP contribution in [0.25, 0.3) is 10.9 Å². The van der Waals surface area contributed by atoms with E-state index in [0.717, 1.165) is 47.9 Å². The van der Waals surface area contributed by atoms with Gasteiger partial charge in [-0.1, -0.05) is 18.5 Å². The summed E-state index contributed by atoms with van der Waals surface area (Å²) in [7, 11) is 0. The van der Waals surface area contributed by atoms with Crippen molar-refractivity contribution in [2.24, 2.45) is 40.9 Å². The Hall–Kier alpha value is -1.46. The fourth-order valence-corrected chi connectivity index (χ4v) is 9.11. The predicted molar refractivity (Wildman–Crippen MR) is 129 cm³/mol. The minimum atomic E-state index is -0.459. The van der Waals surface area contributed by atoms with Crippen LogP contribution in [0.2, 0.25) is 5.15 Å². The third kappa shape index (κ3) is 3.56. The first kappa shape index (κ1) is 22.0. The van der Waals surface area contributed by atoms with Crippen LogP contribution in [-0.2, 0) is 11.3 Å². The second-order valence-corrected chi connectivity index (χ2v) is 12.6. The van der Waals surface area contributed by atoms with Gasteiger partial charge in [0.25, 0.3) is 0 Å². The summed E-state index contributed by atoms with van der Waals surface area (Å²) in [4.78, 5) is 17.8. The lowest BCUT2D eigenvalue weighted by atomic mass is 9.49. The predicted octanol–water partition coefficient (Wildman–Crippen LogP) is 5.67. The van der Waals surface area contributed by atoms with Gasteiger partial charge in [0.1, 0.15) is 11.7 Å². The van der Waals surface area contributed by atoms with Gasteiger partial charge in [0.15, 0.2) is 5.78 Å². The largest absolute Gasteiger partial charge is 0.390 e. The van der Waals surface area contributed by atoms with Crippen LogP contribution in [0.3, 0.4) is 0 Å². The van der Waals surface area contributed by atoms with Crippen molar-refractivity contribution in [1.29, 1.82) is 0 Å². The molecule has 0 unspecified atom stereocenters. The van der Waals surface area contributed by atoms with Crippen LogP contribution in [0.15, 0.2) is 18.5 Å². The van der Waals surface area contributed by atoms with Crippen LogP contribution >= 0.6 is 11.6 Å². The van der Waals surface area contributed by atoms with Gasteiger partial charge in [0, 0.05) is 11.3 Å². The van der Waals surface area contributed by atoms with Crippen molar-refractivity contribution in [1.82, 2.24) is 14.8 Å². The minimum absolute atomic E-state index is 0.121. The van der Waals surface area contributed by atoms with E-state index >= 15 is 0 Å². The Kier molecular flexibility index (Phi) is 5.19. The average molecular weight is 470 g/mol. The lowest BCUT2D eigenvalue weighted by Crippen LogP contribution is -2.51. The highest BCUT2D eigenvalue weighted by Gasteiger charge is 2.58. The molecule has 1 N–H and O–H groups in total. The zero-order valence-corrected chi connectivity index (χ0v) is 20.6. The molecule has 6 rings (SSSR count). The number of rotatable bonds is 3. The topological polar surface area (TPSA) is 68.0 Å². The SMILES string of the molecule is C[C@@]1(O)CC[C@H]2[C@H](CC[C@@H]3[C@@H]2CC[C@]2(C)[C@@H](C(=O)Cn4ncc5cc(Cl)ncc54)CC[C@@H]32)C1. The number of nitrogens with zero attached hydrogens (tertiary/aromatic N) is 3. The fraction of sp³-hybridized carbons (Fsp3) is 0.741. The molecule has 4 aliphatic carbocycles. The maximum absolute atomic E-state index is 13.6. The van der Waals surface area contributed by atoms with E-state index in [9.17, 15) is 9.90 Å². The number of fused-ring (bicyclic) bond motifs is 6. The van der Waals surface area contributed by atoms with E-state index in [4.69, 9.17) is 11.6 Å². The van der Waals surface area contributed by atoms with Gasteiger partial charge in [0.2, 0.25) is 0 Å². The molecule has 178 valence electrons. The summed E-state index contributed by atoms with van der Waals surface area (Å²) in [6.45, 7) is 4.78. The number of carbonyl (C=O) groups is 1. The van der Waals surface area contributed by atoms with Gasteiger partial charge in [-0.15, -0.1) is 0 Å². The van der Waals surface area contributed by atoms with E-state index in [1.165, 1.54) is 38.5 Å². The molecule has 0 aliphatic heterocycles. The zero-order valence-electron chi connectivity index (χ0n) is 19.8. The van der Waals surface area contributed by atoms with E-state index in [0.29, 0.717) is 29.3 Å². The van der Waals surface area contributed by atoms with Crippen molar-refractivity contribution in [3.63, 3.8) is 0 Å². The Balaban J connectivity index is 1.19. The number of aliphatic hydroxyl groups is 1. The molecule has 4 saturated carbocycles. The highest BCUT2D eigenvalue weighted by molar-refractivity contribution is 6.30. The maximum Gasteiger partial charge on any atom is 0.157 e. The van der Waals surface area contributed by atoms with Crippen LogP contribution in [0.1, 0.15) is 71.6 Å². The second-order valence-electron chi connectivity index (χ2n) is 12.2. The number of pyridine rings is 1. The van der Waals surface area contributed by atoms with Crippen LogP contribution < -0.4 is 0 Å². The van der Waals surface area contributed by atoms with Crippen molar-refractivity contribution in [2.75, 3.05) is 0 Å². The Morgan fingerprint density at radius 3 is 2.76 bits per heavy atom. The van der Waals surface area contributed by atoms with Crippen molar-refractivity contribution in [2.45, 2.75) is 83.8 Å². The first-order valence-electron chi connectivity index (χ1n) is 13.0. The molecule has 2 heterocycles. The number of hydrogen-bond donors (Lipinski definition) is 1. The lowest BCUT2D eigenvalue weighted by molar-refractivity contribution is -0.133. The molecule has 4 fully saturated rings. The molecule has 8 atom stereocenters. The summed E-state index contributed by atoms with van der Waals surface area (Å²) < 4.78 is 1.81. The molecule has 2 aromatic heterocycles. The normalized spacial score (nSPS) is 42.5. The Morgan fingerprint density at radius 2 is 1.91 bits per heavy atom. The molecule has 4 aliphatic rings. The molecule has 0 spiro atoms. The Bertz CT molecular complexity index is 1080. The molecule has 0 aromatic carbocycles. The van der Waals surface area contributed by atoms with Gasteiger partial charge in [-0.25, -0.2) is 4.98 Å². The fourth-order valence-electron chi connectivity index (χ4n) is 8.94. The highest BCUT2D eigenvalue weighted by Crippen LogP contribution is 2.64. The molecular formula is C27H36ClN3O2. The smallest absolute Gasteiger partial charge is 0.157 e. The minimum Gasteiger partial charge on any atom is -0.390 e. The lowest BCUT2D eigenvalue weighted by Gasteiger charge is -2.56. The van der Waals surface area contributed by atoms with E-state index in [1.54, 1.807) is 18.5 Å². The summed E-state index contributed by atoms with van der Waals surface area (Å²) in [5.41, 5.74) is 0.540. The number of Topliss-reactive ketones (excluding diaryl/α,β-unsaturated/α-hetero) is 1. The van der Waals surface area contributed by atoms with Crippen LogP contribution in [0, 0.1) is 40.9 Å². The number of halogens is 1. The zero-order chi connectivity index (χ0) is 23.0. The average Bonchev–Trinajstić information content (AvgIpc) is 3.32. The van der Waals surface area contributed by atoms with E-state index in [-0.39, 0.29) is 11.3 Å². The number of aromatic nitrogens is 3. The van der Waals surface area contributed by atoms with E-state index < -0.39 is 5.60 Å². The van der Waals surface area contributed by atoms with Crippen molar-refractivity contribution in [3.8, 4) is 0 Å². The van der Waals surface area contributed by atoms with Crippen LogP contribution in [0.4, 0.5) is 0 Å². The van der Waals surface area contributed by atoms with E-state index in [1.807, 2.05) is 11.6 Å². The van der Waals surface area contributed by atoms with Gasteiger partial charge in [-0.3, -0.25) is 9.48 Å². The Labute approximate surface area is 201 Å². The number of carbonyl (C=O) groups excluding carboxylic acids is 1. The van der Waals surface area contributed by atoms with Gasteiger partial charge in [0.05, 0.1) is 23.5 Å². The van der Waals surface area contributed by atoms with Gasteiger partial charge in [-0.05, 0) is 106 Å². The van der Waals surface area contributed by atoms with Gasteiger partial charge in [-0.2, -0.15) is 5.10 Å². The molecule has 0 saturated heterocycles. The first-order valence-corrected chi connectivity index (χ1v) is 13.4. The quantitative estimate of drug-likeness (QED) is 0.587. The van der Waals surface area contributed by atoms with Crippen molar-refractivity contribution < 1.29 is 9.90 Å². The third-order valence-corrected chi connectivity index (χ3v) is 10.6. The van der Waals surface area contributed by atoms with Gasteiger partial charge >= 0.3 is 0 Å². The molecule has 5 nitrogen and oxygen atoms in total. The highest BCUT2D eigenvalue weighted by atomic mass is 35.5.